The molecule has 1 heterocycles. The van der Waals surface area contributed by atoms with Crippen LogP contribution in [-0.4, -0.2) is 76.2 Å². The number of amides is 1. The van der Waals surface area contributed by atoms with Gasteiger partial charge in [0.05, 0.1) is 6.61 Å². The minimum absolute atomic E-state index is 0.815. The molecule has 0 radical (unpaired) electrons. The van der Waals surface area contributed by atoms with E-state index < -0.39 is 53.2 Å². The molecule has 1 rings (SSSR count). The van der Waals surface area contributed by atoms with Crippen molar-refractivity contribution in [2.45, 2.75) is 37.3 Å². The van der Waals surface area contributed by atoms with E-state index in [1.807, 2.05) is 5.32 Å². The summed E-state index contributed by atoms with van der Waals surface area (Å²) in [5.41, 5.74) is 0. The molecule has 1 saturated heterocycles. The number of aliphatic hydroxyl groups is 4. The van der Waals surface area contributed by atoms with Crippen LogP contribution in [-0.2, 0) is 24.1 Å². The first-order valence-corrected chi connectivity index (χ1v) is 6.67. The van der Waals surface area contributed by atoms with Crippen molar-refractivity contribution in [1.82, 2.24) is 5.32 Å². The predicted molar refractivity (Wildman–Crippen MR) is 59.2 cm³/mol. The Kier molecular flexibility index (Phi) is 5.04. The van der Waals surface area contributed by atoms with Gasteiger partial charge in [-0.05, 0) is 0 Å². The molecule has 118 valence electrons. The fraction of sp³-hybridized carbons (Fsp3) is 0.875. The molecule has 6 N–H and O–H groups in total. The average Bonchev–Trinajstić information content (AvgIpc) is 2.27. The zero-order valence-electron chi connectivity index (χ0n) is 10.2. The quantitative estimate of drug-likeness (QED) is 0.221. The topological polar surface area (TPSA) is 183 Å². The summed E-state index contributed by atoms with van der Waals surface area (Å²) in [5.74, 6) is -3.95. The van der Waals surface area contributed by atoms with Crippen molar-refractivity contribution in [2.24, 2.45) is 0 Å². The first kappa shape index (κ1) is 17.2. The van der Waals surface area contributed by atoms with Crippen molar-refractivity contribution in [2.75, 3.05) is 6.61 Å². The Balaban J connectivity index is 3.20. The summed E-state index contributed by atoms with van der Waals surface area (Å²) < 4.78 is 38.8. The lowest BCUT2D eigenvalue weighted by Crippen LogP contribution is -2.73. The lowest BCUT2D eigenvalue weighted by atomic mass is 9.93. The second-order valence-electron chi connectivity index (χ2n) is 4.13. The zero-order chi connectivity index (χ0) is 15.7. The molecule has 0 aromatic carbocycles. The number of nitrogens with one attached hydrogen (secondary N) is 1. The van der Waals surface area contributed by atoms with Gasteiger partial charge in [-0.25, -0.2) is 4.18 Å². The summed E-state index contributed by atoms with van der Waals surface area (Å²) in [6.07, 6.45) is -5.80. The van der Waals surface area contributed by atoms with Gasteiger partial charge in [-0.3, -0.25) is 9.35 Å². The van der Waals surface area contributed by atoms with E-state index in [-0.39, 0.29) is 0 Å². The maximum absolute atomic E-state index is 11.0. The van der Waals surface area contributed by atoms with Gasteiger partial charge in [0.2, 0.25) is 11.7 Å². The third-order valence-corrected chi connectivity index (χ3v) is 3.08. The van der Waals surface area contributed by atoms with Gasteiger partial charge in [0.1, 0.15) is 18.2 Å². The van der Waals surface area contributed by atoms with E-state index in [0.29, 0.717) is 0 Å². The molecule has 20 heavy (non-hydrogen) atoms. The highest BCUT2D eigenvalue weighted by molar-refractivity contribution is 7.80. The van der Waals surface area contributed by atoms with Crippen LogP contribution in [0.2, 0.25) is 0 Å². The molecule has 11 nitrogen and oxygen atoms in total. The largest absolute Gasteiger partial charge is 0.400 e. The van der Waals surface area contributed by atoms with Gasteiger partial charge in [0, 0.05) is 6.92 Å². The molecule has 0 aromatic rings. The fourth-order valence-corrected chi connectivity index (χ4v) is 2.33. The van der Waals surface area contributed by atoms with Gasteiger partial charge in [0.15, 0.2) is 6.29 Å². The number of aliphatic hydroxyl groups excluding tert-OH is 3. The number of hydrogen-bond acceptors (Lipinski definition) is 9. The van der Waals surface area contributed by atoms with Gasteiger partial charge in [-0.2, -0.15) is 8.42 Å². The van der Waals surface area contributed by atoms with Crippen LogP contribution in [0.3, 0.4) is 0 Å². The van der Waals surface area contributed by atoms with Crippen LogP contribution >= 0.6 is 0 Å². The molecule has 0 saturated carbocycles. The van der Waals surface area contributed by atoms with Crippen molar-refractivity contribution in [3.63, 3.8) is 0 Å². The summed E-state index contributed by atoms with van der Waals surface area (Å²) in [4.78, 5) is 11.0. The summed E-state index contributed by atoms with van der Waals surface area (Å²) in [6.45, 7) is 0.0766. The zero-order valence-corrected chi connectivity index (χ0v) is 11.0. The van der Waals surface area contributed by atoms with Crippen LogP contribution < -0.4 is 5.32 Å². The average molecular weight is 317 g/mol. The minimum atomic E-state index is -5.25. The van der Waals surface area contributed by atoms with E-state index in [1.165, 1.54) is 0 Å². The van der Waals surface area contributed by atoms with Crippen LogP contribution in [0, 0.1) is 0 Å². The molecule has 0 spiro atoms. The molecule has 1 aliphatic rings. The van der Waals surface area contributed by atoms with Crippen LogP contribution in [0.15, 0.2) is 0 Å². The molecule has 1 fully saturated rings. The predicted octanol–water partition coefficient (Wildman–Crippen LogP) is -3.93. The molecule has 12 heteroatoms. The molecule has 0 aliphatic carbocycles. The second-order valence-corrected chi connectivity index (χ2v) is 5.16. The molecule has 1 unspecified atom stereocenters. The third kappa shape index (κ3) is 3.62. The molecule has 5 atom stereocenters. The number of hydrogen-bond donors (Lipinski definition) is 6. The molecular formula is C8H15NO10S. The molecule has 0 bridgehead atoms. The van der Waals surface area contributed by atoms with E-state index in [4.69, 9.17) is 14.4 Å². The Bertz CT molecular complexity index is 466. The highest BCUT2D eigenvalue weighted by atomic mass is 32.3. The summed E-state index contributed by atoms with van der Waals surface area (Å²) in [7, 11) is -5.25. The minimum Gasteiger partial charge on any atom is -0.394 e. The summed E-state index contributed by atoms with van der Waals surface area (Å²) in [5, 5.41) is 40.3. The number of carbonyl (C=O) groups is 1. The maximum Gasteiger partial charge on any atom is 0.400 e. The smallest absolute Gasteiger partial charge is 0.394 e. The SMILES string of the molecule is CC(=O)N[C@@H]1C(O)O[C@H](CO)[C@@H](O)[C@]1(O)OS(=O)(=O)O. The molecule has 1 amide bonds. The Morgan fingerprint density at radius 3 is 2.40 bits per heavy atom. The summed E-state index contributed by atoms with van der Waals surface area (Å²) in [6, 6.07) is -1.93. The van der Waals surface area contributed by atoms with Gasteiger partial charge < -0.3 is 30.5 Å². The van der Waals surface area contributed by atoms with Gasteiger partial charge in [-0.15, -0.1) is 0 Å². The number of rotatable bonds is 4. The Morgan fingerprint density at radius 1 is 1.45 bits per heavy atom. The Morgan fingerprint density at radius 2 is 2.00 bits per heavy atom. The van der Waals surface area contributed by atoms with E-state index in [2.05, 4.69) is 4.18 Å². The highest BCUT2D eigenvalue weighted by Crippen LogP contribution is 2.31. The molecular weight excluding hydrogens is 302 g/mol. The van der Waals surface area contributed by atoms with Crippen molar-refractivity contribution in [3.8, 4) is 0 Å². The normalized spacial score (nSPS) is 38.5. The van der Waals surface area contributed by atoms with E-state index in [0.717, 1.165) is 6.92 Å². The standard InChI is InChI=1S/C8H15NO10S/c1-3(11)9-5-7(13)18-4(2-10)6(12)8(5,14)19-20(15,16)17/h4-7,10,12-14H,2H2,1H3,(H,9,11)(H,15,16,17)/t4-,5-,6-,7?,8-/m1/s1. The van der Waals surface area contributed by atoms with Crippen molar-refractivity contribution >= 4 is 16.3 Å². The van der Waals surface area contributed by atoms with Crippen molar-refractivity contribution in [1.29, 1.82) is 0 Å². The first-order valence-electron chi connectivity index (χ1n) is 5.31. The fourth-order valence-electron chi connectivity index (χ4n) is 1.79. The summed E-state index contributed by atoms with van der Waals surface area (Å²) >= 11 is 0. The van der Waals surface area contributed by atoms with E-state index in [9.17, 15) is 28.5 Å². The van der Waals surface area contributed by atoms with Gasteiger partial charge >= 0.3 is 10.4 Å². The van der Waals surface area contributed by atoms with Crippen LogP contribution in [0.25, 0.3) is 0 Å². The van der Waals surface area contributed by atoms with Crippen LogP contribution in [0.1, 0.15) is 6.92 Å². The Hall–Kier alpha value is -0.860. The maximum atomic E-state index is 11.0. The highest BCUT2D eigenvalue weighted by Gasteiger charge is 2.59. The number of carbonyl (C=O) groups excluding carboxylic acids is 1. The van der Waals surface area contributed by atoms with E-state index >= 15 is 0 Å². The van der Waals surface area contributed by atoms with Crippen molar-refractivity contribution in [3.05, 3.63) is 0 Å². The van der Waals surface area contributed by atoms with Gasteiger partial charge in [0.25, 0.3) is 0 Å². The van der Waals surface area contributed by atoms with E-state index in [1.54, 1.807) is 0 Å². The third-order valence-electron chi connectivity index (χ3n) is 2.60. The van der Waals surface area contributed by atoms with Crippen molar-refractivity contribution < 1.29 is 47.1 Å². The van der Waals surface area contributed by atoms with Crippen LogP contribution in [0.5, 0.6) is 0 Å². The lowest BCUT2D eigenvalue weighted by molar-refractivity contribution is -0.339. The number of ether oxygens (including phenoxy) is 1. The second kappa shape index (κ2) is 5.87. The molecule has 1 aliphatic heterocycles. The lowest BCUT2D eigenvalue weighted by Gasteiger charge is -2.46. The Labute approximate surface area is 113 Å². The van der Waals surface area contributed by atoms with Crippen LogP contribution in [0.4, 0.5) is 0 Å². The monoisotopic (exact) mass is 317 g/mol. The molecule has 0 aromatic heterocycles. The van der Waals surface area contributed by atoms with Gasteiger partial charge in [-0.1, -0.05) is 0 Å². The first-order chi connectivity index (χ1) is 9.01.